The average molecular weight is 1340 g/mol. The van der Waals surface area contributed by atoms with Gasteiger partial charge in [0.05, 0.1) is 41.3 Å². The van der Waals surface area contributed by atoms with E-state index in [0.717, 1.165) is 11.1 Å². The van der Waals surface area contributed by atoms with Crippen LogP contribution in [-0.4, -0.2) is 127 Å². The number of phosphoric ester groups is 1. The van der Waals surface area contributed by atoms with E-state index in [0.29, 0.717) is 56.4 Å². The fraction of sp³-hybridized carbons (Fsp3) is 0.619. The van der Waals surface area contributed by atoms with Gasteiger partial charge in [-0.15, -0.1) is 0 Å². The van der Waals surface area contributed by atoms with Crippen LogP contribution in [0.4, 0.5) is 0 Å². The van der Waals surface area contributed by atoms with Crippen LogP contribution in [0.3, 0.4) is 0 Å². The number of hydrogen-bond donors (Lipinski definition) is 9. The topological polar surface area (TPSA) is 465 Å². The molecule has 6 aliphatic rings. The van der Waals surface area contributed by atoms with Crippen molar-refractivity contribution in [1.29, 1.82) is 0 Å². The molecule has 0 saturated carbocycles. The van der Waals surface area contributed by atoms with Gasteiger partial charge in [-0.25, -0.2) is 4.98 Å². The molecule has 0 spiro atoms. The number of allylic oxidation sites excluding steroid dienone is 6. The number of imidazole rings is 1. The quantitative estimate of drug-likeness (QED) is 0.0478. The van der Waals surface area contributed by atoms with Gasteiger partial charge in [-0.2, -0.15) is 5.70 Å². The number of nitrogens with one attached hydrogen (secondary N) is 1. The van der Waals surface area contributed by atoms with Crippen LogP contribution in [0.25, 0.3) is 16.4 Å². The number of aliphatic hydroxyl groups excluding tert-OH is 2. The van der Waals surface area contributed by atoms with Crippen LogP contribution in [0.15, 0.2) is 67.8 Å². The van der Waals surface area contributed by atoms with Crippen molar-refractivity contribution in [3.8, 4) is 0 Å². The number of aliphatic hydroxyl groups is 2. The van der Waals surface area contributed by atoms with Gasteiger partial charge in [-0.3, -0.25) is 53.1 Å². The Morgan fingerprint density at radius 1 is 0.793 bits per heavy atom. The van der Waals surface area contributed by atoms with Crippen molar-refractivity contribution in [1.82, 2.24) is 14.9 Å². The summed E-state index contributed by atoms with van der Waals surface area (Å²) in [5, 5.41) is 30.1. The summed E-state index contributed by atoms with van der Waals surface area (Å²) in [6.07, 6.45) is -4.79. The summed E-state index contributed by atoms with van der Waals surface area (Å²) >= 11 is 0. The summed E-state index contributed by atoms with van der Waals surface area (Å²) in [7, 11) is -5.32. The molecule has 7 amide bonds. The zero-order chi connectivity index (χ0) is 66.7. The molecule has 15 N–H and O–H groups in total. The summed E-state index contributed by atoms with van der Waals surface area (Å²) in [6.45, 7) is 19.0. The maximum absolute atomic E-state index is 14.4. The molecule has 2 fully saturated rings. The molecule has 2 aromatic rings. The van der Waals surface area contributed by atoms with Crippen molar-refractivity contribution in [3.05, 3.63) is 76.6 Å². The summed E-state index contributed by atoms with van der Waals surface area (Å²) in [6, 6.07) is 2.65. The van der Waals surface area contributed by atoms with Crippen molar-refractivity contribution in [3.63, 3.8) is 0 Å². The van der Waals surface area contributed by atoms with E-state index < -0.39 is 143 Å². The standard InChI is InChI=1S/C62H90N13O14P.CH3.Co/c1-29-20-39-40(21-30(29)2)75(28-70-39)57-52(84)53(41(27-76)87-57)89-90(85,86)88-31(3)26-69-49(83)18-19-59(8)37(22-46(66)80)56-62(11)61(10,25-48(68)82)36(14-17-45(65)79)51(74-62)33(5)55-60(9,24-47(67)81)34(12-15-43(63)77)38(71-55)23-42-58(6,7)35(13-16-44(64)78)50(72-42)32(4)54(59)73-56;;/h20-21,23,28,31,34-37,41,52-53,56-57,76,84H,12-19,22,24-27H2,1-11H3,(H15,63,64,65,66,67,68,69,71,72,73,74,77,78,79,80,81,82,83,85,86);1H3;/q;-1;/p-2/t31-,34-,35-,36-,37+,41-,52-,53-,56-,57+,59-,60+,61+,62+;;/m1../s1. The molecule has 1 radical (unpaired) electrons. The number of amides is 7. The van der Waals surface area contributed by atoms with E-state index in [-0.39, 0.29) is 101 Å². The Balaban J connectivity index is 0.00000672. The van der Waals surface area contributed by atoms with Crippen molar-refractivity contribution in [2.45, 2.75) is 189 Å². The third-order valence-electron chi connectivity index (χ3n) is 20.5. The molecule has 0 aliphatic carbocycles. The molecule has 2 saturated heterocycles. The maximum Gasteiger partial charge on any atom is 0.268 e. The summed E-state index contributed by atoms with van der Waals surface area (Å²) in [5.74, 6) is -7.40. The summed E-state index contributed by atoms with van der Waals surface area (Å²) < 4.78 is 31.9. The predicted molar refractivity (Wildman–Crippen MR) is 338 cm³/mol. The second-order valence-corrected chi connectivity index (χ2v) is 28.3. The molecule has 1 unspecified atom stereocenters. The van der Waals surface area contributed by atoms with E-state index in [2.05, 4.69) is 10.3 Å². The Labute approximate surface area is 547 Å². The molecule has 15 atom stereocenters. The molecular formula is C63H91CoN13O14P-3. The first-order valence-corrected chi connectivity index (χ1v) is 32.0. The van der Waals surface area contributed by atoms with Gasteiger partial charge in [0, 0.05) is 125 Å². The van der Waals surface area contributed by atoms with Crippen molar-refractivity contribution in [2.24, 2.45) is 94.7 Å². The number of carbonyl (C=O) groups is 7. The minimum atomic E-state index is -5.32. The van der Waals surface area contributed by atoms with Crippen LogP contribution >= 0.6 is 7.82 Å². The summed E-state index contributed by atoms with van der Waals surface area (Å²) in [4.78, 5) is 128. The minimum absolute atomic E-state index is 0. The van der Waals surface area contributed by atoms with E-state index in [1.54, 1.807) is 6.92 Å². The number of benzene rings is 1. The number of phosphoric acid groups is 1. The zero-order valence-electron chi connectivity index (χ0n) is 54.5. The van der Waals surface area contributed by atoms with Crippen molar-refractivity contribution < 1.29 is 83.8 Å². The first-order valence-electron chi connectivity index (χ1n) is 30.5. The Hall–Kier alpha value is -6.49. The van der Waals surface area contributed by atoms with Gasteiger partial charge < -0.3 is 85.9 Å². The number of hydrogen-bond acceptors (Lipinski definition) is 18. The first-order chi connectivity index (χ1) is 41.8. The Morgan fingerprint density at radius 3 is 1.96 bits per heavy atom. The number of nitrogens with zero attached hydrogens (tertiary/aromatic N) is 6. The Bertz CT molecular complexity index is 3540. The molecule has 509 valence electrons. The molecular weight excluding hydrogens is 1250 g/mol. The molecule has 92 heavy (non-hydrogen) atoms. The molecule has 8 rings (SSSR count). The number of nitrogens with two attached hydrogens (primary N) is 6. The second kappa shape index (κ2) is 27.8. The molecule has 7 heterocycles. The van der Waals surface area contributed by atoms with Gasteiger partial charge in [-0.05, 0) is 119 Å². The van der Waals surface area contributed by atoms with E-state index in [1.165, 1.54) is 17.8 Å². The van der Waals surface area contributed by atoms with Crippen molar-refractivity contribution in [2.75, 3.05) is 13.2 Å². The number of fused-ring (bicyclic) bond motifs is 7. The largest absolute Gasteiger partial charge is 0.756 e. The van der Waals surface area contributed by atoms with E-state index in [9.17, 15) is 53.2 Å². The number of primary amides is 6. The molecule has 29 heteroatoms. The molecule has 1 aromatic carbocycles. The number of ether oxygens (including phenoxy) is 1. The Kier molecular flexibility index (Phi) is 22.6. The van der Waals surface area contributed by atoms with Crippen LogP contribution in [0.1, 0.15) is 150 Å². The normalized spacial score (nSPS) is 33.5. The predicted octanol–water partition coefficient (Wildman–Crippen LogP) is 3.76. The number of aromatic nitrogens is 2. The van der Waals surface area contributed by atoms with Gasteiger partial charge in [0.2, 0.25) is 41.4 Å². The van der Waals surface area contributed by atoms with Crippen LogP contribution < -0.4 is 44.6 Å². The van der Waals surface area contributed by atoms with Gasteiger partial charge >= 0.3 is 0 Å². The molecule has 8 bridgehead atoms. The van der Waals surface area contributed by atoms with E-state index in [1.807, 2.05) is 80.5 Å². The van der Waals surface area contributed by atoms with Crippen LogP contribution in [-0.2, 0) is 68.7 Å². The van der Waals surface area contributed by atoms with Crippen LogP contribution in [0.2, 0.25) is 0 Å². The number of carbonyl (C=O) groups excluding carboxylic acids is 7. The molecule has 27 nitrogen and oxygen atoms in total. The maximum atomic E-state index is 14.4. The van der Waals surface area contributed by atoms with Gasteiger partial charge in [0.1, 0.15) is 18.3 Å². The van der Waals surface area contributed by atoms with E-state index >= 15 is 0 Å². The van der Waals surface area contributed by atoms with Gasteiger partial charge in [0.25, 0.3) is 7.82 Å². The monoisotopic (exact) mass is 1340 g/mol. The number of aliphatic imine (C=N–C) groups is 3. The van der Waals surface area contributed by atoms with Crippen LogP contribution in [0, 0.1) is 66.6 Å². The van der Waals surface area contributed by atoms with Gasteiger partial charge in [-0.1, -0.05) is 40.7 Å². The smallest absolute Gasteiger partial charge is 0.268 e. The van der Waals surface area contributed by atoms with Crippen molar-refractivity contribution >= 4 is 77.3 Å². The third kappa shape index (κ3) is 14.1. The Morgan fingerprint density at radius 2 is 1.38 bits per heavy atom. The summed E-state index contributed by atoms with van der Waals surface area (Å²) in [5.41, 5.74) is 36.7. The minimum Gasteiger partial charge on any atom is -0.756 e. The third-order valence-corrected chi connectivity index (χ3v) is 21.6. The first kappa shape index (κ1) is 74.5. The zero-order valence-corrected chi connectivity index (χ0v) is 56.4. The fourth-order valence-corrected chi connectivity index (χ4v) is 16.4. The molecule has 6 aliphatic heterocycles. The fourth-order valence-electron chi connectivity index (χ4n) is 15.3. The molecule has 1 aromatic heterocycles. The van der Waals surface area contributed by atoms with E-state index in [4.69, 9.17) is 68.5 Å². The average Bonchev–Trinajstić information content (AvgIpc) is 1.53. The second-order valence-electron chi connectivity index (χ2n) is 27.0. The number of rotatable bonds is 26. The number of aryl methyl sites for hydroxylation is 2. The van der Waals surface area contributed by atoms with Gasteiger partial charge in [0.15, 0.2) is 6.23 Å². The SMILES string of the molecule is C/C1=C2/[N-][C@H]([C@H](CC(N)=O)[C@@]2(C)CCC(=O)NC[C@@H](C)OP(=O)([O-])O[C@H]2[C@@H](O)[C@@H](n3cnc4cc(C)c(C)cc43)O[C@@H]2CO)[C@]2(C)N=C(/C(C)=C3N=C(/C=C4N=C1[C@@H](CCC(N)=O)C\4(C)C)[C@@H](CCC(N)=O)[C@]\3(C)CC(N)=O)[C@@H](CCC(N)=O)[C@]2(C)CC(N)=O.[CH3-].[Co]. The van der Waals surface area contributed by atoms with Crippen LogP contribution in [0.5, 0.6) is 0 Å².